The number of nitrogens with two attached hydrogens (primary N) is 1. The van der Waals surface area contributed by atoms with Crippen LogP contribution in [-0.4, -0.2) is 114 Å². The number of rotatable bonds is 19. The Morgan fingerprint density at radius 1 is 0.368 bits per heavy atom. The molecule has 14 aromatic heterocycles. The van der Waals surface area contributed by atoms with Crippen molar-refractivity contribution in [2.75, 3.05) is 0 Å². The number of fused-ring (bicyclic) bond motifs is 13. The minimum Gasteiger partial charge on any atom is -0.478 e. The highest BCUT2D eigenvalue weighted by atomic mass is 19.2. The van der Waals surface area contributed by atoms with Gasteiger partial charge in [-0.1, -0.05) is 0 Å². The van der Waals surface area contributed by atoms with Crippen LogP contribution >= 0.6 is 0 Å². The van der Waals surface area contributed by atoms with Gasteiger partial charge in [-0.15, -0.1) is 0 Å². The Balaban J connectivity index is 0.000000116. The number of carbonyl (C=O) groups excluding carboxylic acids is 1. The van der Waals surface area contributed by atoms with Crippen LogP contribution in [0.4, 0.5) is 35.1 Å². The Kier molecular flexibility index (Phi) is 21.8. The number of furan rings is 4. The lowest BCUT2D eigenvalue weighted by atomic mass is 10.0. The van der Waals surface area contributed by atoms with E-state index >= 15 is 0 Å². The van der Waals surface area contributed by atoms with E-state index in [2.05, 4.69) is 34.9 Å². The summed E-state index contributed by atoms with van der Waals surface area (Å²) in [7, 11) is 0. The molecule has 1 aliphatic carbocycles. The lowest BCUT2D eigenvalue weighted by molar-refractivity contribution is 0.0676. The van der Waals surface area contributed by atoms with Gasteiger partial charge in [-0.25, -0.2) is 64.1 Å². The van der Waals surface area contributed by atoms with Gasteiger partial charge in [0.25, 0.3) is 22.2 Å². The van der Waals surface area contributed by atoms with Crippen molar-refractivity contribution in [2.24, 2.45) is 5.73 Å². The molecule has 0 bridgehead atoms. The number of aromatic carboxylic acids is 5. The van der Waals surface area contributed by atoms with Gasteiger partial charge in [0.2, 0.25) is 5.91 Å². The van der Waals surface area contributed by atoms with E-state index < -0.39 is 117 Å². The zero-order valence-corrected chi connectivity index (χ0v) is 69.3. The third kappa shape index (κ3) is 15.0. The largest absolute Gasteiger partial charge is 0.478 e. The van der Waals surface area contributed by atoms with Gasteiger partial charge < -0.3 is 92.1 Å². The van der Waals surface area contributed by atoms with E-state index in [9.17, 15) is 109 Å². The number of aromatic amines is 5. The third-order valence-corrected chi connectivity index (χ3v) is 23.5. The molecule has 1 aliphatic rings. The molecule has 0 spiro atoms. The number of amides is 1. The van der Waals surface area contributed by atoms with Crippen molar-refractivity contribution in [3.05, 3.63) is 364 Å². The monoisotopic (exact) mass is 1850 g/mol. The lowest BCUT2D eigenvalue weighted by Crippen LogP contribution is -2.15. The minimum atomic E-state index is -1.45. The molecule has 136 heavy (non-hydrogen) atoms. The number of imidazole rings is 1. The fourth-order valence-corrected chi connectivity index (χ4v) is 17.4. The highest BCUT2D eigenvalue weighted by Crippen LogP contribution is 2.47. The number of nitrogens with one attached hydrogen (secondary N) is 5. The van der Waals surface area contributed by atoms with Crippen LogP contribution in [0, 0.1) is 46.5 Å². The first-order valence-corrected chi connectivity index (χ1v) is 40.8. The zero-order valence-electron chi connectivity index (χ0n) is 69.3. The number of aromatic nitrogens is 11. The molecular formula is C97H60F8N12O19. The molecule has 39 heteroatoms. The van der Waals surface area contributed by atoms with Crippen LogP contribution in [0.2, 0.25) is 0 Å². The fourth-order valence-electron chi connectivity index (χ4n) is 17.4. The first kappa shape index (κ1) is 86.9. The second-order valence-electron chi connectivity index (χ2n) is 31.4. The third-order valence-electron chi connectivity index (χ3n) is 23.5. The molecule has 21 aromatic rings. The van der Waals surface area contributed by atoms with E-state index in [1.165, 1.54) is 173 Å². The fraction of sp³-hybridized carbons (Fsp3) is 0.0722. The number of carbonyl (C=O) groups is 6. The molecule has 22 rings (SSSR count). The molecule has 7 aromatic carbocycles. The number of carboxylic acid groups (broad SMARTS) is 5. The van der Waals surface area contributed by atoms with Gasteiger partial charge >= 0.3 is 29.8 Å². The molecule has 31 nitrogen and oxygen atoms in total. The molecule has 1 fully saturated rings. The summed E-state index contributed by atoms with van der Waals surface area (Å²) in [4.78, 5) is 145. The average Bonchev–Trinajstić information content (AvgIpc) is 1.58. The maximum Gasteiger partial charge on any atom is 0.353 e. The molecule has 678 valence electrons. The van der Waals surface area contributed by atoms with Gasteiger partial charge in [-0.05, 0) is 165 Å². The topological polar surface area (TPSA) is 475 Å². The van der Waals surface area contributed by atoms with E-state index in [0.29, 0.717) is 11.0 Å². The maximum atomic E-state index is 15.0. The second kappa shape index (κ2) is 34.1. The highest BCUT2D eigenvalue weighted by Gasteiger charge is 2.36. The van der Waals surface area contributed by atoms with E-state index in [1.807, 2.05) is 0 Å². The average molecular weight is 1850 g/mol. The molecule has 14 heterocycles. The van der Waals surface area contributed by atoms with Gasteiger partial charge in [-0.2, -0.15) is 0 Å². The van der Waals surface area contributed by atoms with Crippen molar-refractivity contribution in [3.63, 3.8) is 0 Å². The van der Waals surface area contributed by atoms with Gasteiger partial charge in [0, 0.05) is 87.0 Å². The maximum absolute atomic E-state index is 15.0. The van der Waals surface area contributed by atoms with Crippen molar-refractivity contribution in [2.45, 2.75) is 44.9 Å². The van der Waals surface area contributed by atoms with Crippen molar-refractivity contribution < 1.29 is 107 Å². The Labute approximate surface area is 750 Å². The standard InChI is InChI=1S/C25H17F2N3O4.C24H14F2N4O4.C24H15F2N3O5.C24H14F2N2O6/c26-15-5-6-17(12-3-4-12)29-18(15)11-30-19-10-16(27)13-7-9-34-23(13)21(19)20(22(30)25(32)33)14-2-1-8-28-24(14)31;25-14-7-17-16(28-10-29-17)6-11(14)9-30-18-8-15(26)12-3-5-34-22(12)20(18)19(21(30)24(32)33)13-2-1-4-27-23(13)31;25-15-4-3-11(22(27)30)8-12(15)10-29-17-9-16(26)13-5-7-34-21(13)19(17)18(20(29)24(32)33)14-2-1-6-28-23(14)31;25-15-4-3-11(23(30)31)8-12(15)10-28-17-9-16(26)13-5-7-34-21(13)19(17)18(20(28)24(32)33)14-2-1-6-27-22(14)29/h1-2,5-10,12H,3-4,11H2,(H,28,31)(H,32,33);1-8,10H,9H2,(H,27,31)(H,28,29)(H,32,33);1-9H,10H2,(H2,27,30)(H,28,31)(H,32,33);1-9H,10H2,(H,27,29)(H,30,31)(H,32,33). The van der Waals surface area contributed by atoms with Crippen molar-refractivity contribution in [1.82, 2.24) is 53.2 Å². The van der Waals surface area contributed by atoms with E-state index in [-0.39, 0.29) is 208 Å². The van der Waals surface area contributed by atoms with Crippen molar-refractivity contribution in [1.29, 1.82) is 0 Å². The molecule has 1 saturated carbocycles. The molecule has 0 radical (unpaired) electrons. The number of carboxylic acids is 5. The normalized spacial score (nSPS) is 12.0. The van der Waals surface area contributed by atoms with Crippen LogP contribution in [0.1, 0.15) is 110 Å². The summed E-state index contributed by atoms with van der Waals surface area (Å²) in [6.45, 7) is -1.33. The van der Waals surface area contributed by atoms with Crippen LogP contribution in [-0.2, 0) is 26.2 Å². The summed E-state index contributed by atoms with van der Waals surface area (Å²) in [5.74, 6) is -12.8. The smallest absolute Gasteiger partial charge is 0.353 e. The number of nitrogens with zero attached hydrogens (tertiary/aromatic N) is 6. The van der Waals surface area contributed by atoms with Crippen LogP contribution in [0.25, 0.3) is 143 Å². The summed E-state index contributed by atoms with van der Waals surface area (Å²) >= 11 is 0. The Bertz CT molecular complexity index is 8690. The number of pyridine rings is 5. The van der Waals surface area contributed by atoms with E-state index in [1.54, 1.807) is 18.2 Å². The summed E-state index contributed by atoms with van der Waals surface area (Å²) in [5, 5.41) is 51.3. The van der Waals surface area contributed by atoms with Crippen LogP contribution in [0.5, 0.6) is 0 Å². The predicted molar refractivity (Wildman–Crippen MR) is 476 cm³/mol. The van der Waals surface area contributed by atoms with Gasteiger partial charge in [0.05, 0.1) is 167 Å². The number of benzene rings is 7. The highest BCUT2D eigenvalue weighted by molar-refractivity contribution is 6.21. The van der Waals surface area contributed by atoms with Crippen LogP contribution in [0.3, 0.4) is 0 Å². The van der Waals surface area contributed by atoms with Crippen LogP contribution in [0.15, 0.2) is 251 Å². The molecule has 12 N–H and O–H groups in total. The van der Waals surface area contributed by atoms with E-state index in [4.69, 9.17) is 23.4 Å². The minimum absolute atomic E-state index is 0.00392. The first-order chi connectivity index (χ1) is 65.4. The summed E-state index contributed by atoms with van der Waals surface area (Å²) < 4.78 is 146. The van der Waals surface area contributed by atoms with Gasteiger partial charge in [0.1, 0.15) is 91.6 Å². The number of hydrogen-bond donors (Lipinski definition) is 11. The Hall–Kier alpha value is -18.5. The number of hydrogen-bond acceptors (Lipinski definition) is 16. The Morgan fingerprint density at radius 2 is 0.699 bits per heavy atom. The molecule has 0 atom stereocenters. The quantitative estimate of drug-likeness (QED) is 0.0335. The number of primary amides is 1. The van der Waals surface area contributed by atoms with Crippen LogP contribution < -0.4 is 28.0 Å². The Morgan fingerprint density at radius 3 is 1.03 bits per heavy atom. The zero-order chi connectivity index (χ0) is 95.4. The SMILES string of the molecule is NC(=O)c1ccc(F)c(Cn2c(C(=O)O)c(-c3ccc[nH]c3=O)c3c4occc4c(F)cc32)c1.O=C(O)c1c(-c2ccc[nH]c2=O)c2c3occc3c(F)cc2n1Cc1cc2[nH]cnc2cc1F.O=C(O)c1c(-c2ccc[nH]c2=O)c2c3occc3c(F)cc2n1Cc1nc(C2CC2)ccc1F.O=C(O)c1ccc(F)c(Cn2c(C(=O)O)c(-c3ccc[nH]c3=O)c3c4occc4c(F)cc32)c1. The molecule has 0 saturated heterocycles. The summed E-state index contributed by atoms with van der Waals surface area (Å²) in [5.41, 5.74) is 4.20. The summed E-state index contributed by atoms with van der Waals surface area (Å²) in [6.07, 6.45) is 14.0. The predicted octanol–water partition coefficient (Wildman–Crippen LogP) is 18.0. The first-order valence-electron chi connectivity index (χ1n) is 40.8. The van der Waals surface area contributed by atoms with Crippen molar-refractivity contribution in [3.8, 4) is 44.5 Å². The number of halogens is 8. The molecular weight excluding hydrogens is 1790 g/mol. The van der Waals surface area contributed by atoms with Gasteiger partial charge in [0.15, 0.2) is 0 Å². The lowest BCUT2D eigenvalue weighted by Gasteiger charge is -2.11. The van der Waals surface area contributed by atoms with E-state index in [0.717, 1.165) is 59.5 Å². The number of H-pyrrole nitrogens is 5. The molecule has 0 aliphatic heterocycles. The van der Waals surface area contributed by atoms with Gasteiger partial charge in [-0.3, -0.25) is 29.0 Å². The molecule has 1 amide bonds. The van der Waals surface area contributed by atoms with Crippen molar-refractivity contribution >= 4 is 134 Å². The summed E-state index contributed by atoms with van der Waals surface area (Å²) in [6, 6.07) is 34.3. The second-order valence-corrected chi connectivity index (χ2v) is 31.4. The molecule has 0 unspecified atom stereocenters.